The largest absolute Gasteiger partial charge is 0.330 e. The maximum absolute atomic E-state index is 12.9. The van der Waals surface area contributed by atoms with Crippen molar-refractivity contribution in [1.82, 2.24) is 5.32 Å². The van der Waals surface area contributed by atoms with E-state index in [4.69, 9.17) is 5.73 Å². The summed E-state index contributed by atoms with van der Waals surface area (Å²) in [6.45, 7) is 2.67. The summed E-state index contributed by atoms with van der Waals surface area (Å²) in [5.74, 6) is -0.153. The first kappa shape index (κ1) is 12.5. The molecule has 1 aromatic carbocycles. The van der Waals surface area contributed by atoms with Gasteiger partial charge in [-0.05, 0) is 55.5 Å². The number of hydrogen-bond acceptors (Lipinski definition) is 2. The van der Waals surface area contributed by atoms with Gasteiger partial charge >= 0.3 is 0 Å². The molecule has 3 N–H and O–H groups in total. The van der Waals surface area contributed by atoms with Crippen molar-refractivity contribution in [2.24, 2.45) is 11.1 Å². The Morgan fingerprint density at radius 3 is 2.76 bits per heavy atom. The van der Waals surface area contributed by atoms with Crippen LogP contribution < -0.4 is 11.1 Å². The van der Waals surface area contributed by atoms with E-state index >= 15 is 0 Å². The number of benzene rings is 1. The highest BCUT2D eigenvalue weighted by molar-refractivity contribution is 5.16. The van der Waals surface area contributed by atoms with Gasteiger partial charge in [-0.1, -0.05) is 18.6 Å². The lowest BCUT2D eigenvalue weighted by atomic mass is 9.69. The molecule has 2 nitrogen and oxygen atoms in total. The molecule has 2 rings (SSSR count). The molecule has 0 aliphatic heterocycles. The summed E-state index contributed by atoms with van der Waals surface area (Å²) in [5, 5.41) is 3.44. The molecule has 1 saturated carbocycles. The Morgan fingerprint density at radius 1 is 1.35 bits per heavy atom. The van der Waals surface area contributed by atoms with Crippen LogP contribution in [0.5, 0.6) is 0 Å². The number of halogens is 1. The third-order valence-corrected chi connectivity index (χ3v) is 3.83. The maximum Gasteiger partial charge on any atom is 0.123 e. The van der Waals surface area contributed by atoms with E-state index in [-0.39, 0.29) is 5.82 Å². The fourth-order valence-corrected chi connectivity index (χ4v) is 2.41. The van der Waals surface area contributed by atoms with E-state index in [2.05, 4.69) is 5.32 Å². The summed E-state index contributed by atoms with van der Waals surface area (Å²) in [7, 11) is 0. The van der Waals surface area contributed by atoms with Crippen LogP contribution in [-0.4, -0.2) is 19.6 Å². The van der Waals surface area contributed by atoms with E-state index in [0.717, 1.165) is 31.6 Å². The van der Waals surface area contributed by atoms with E-state index in [0.29, 0.717) is 5.41 Å². The molecule has 1 aromatic rings. The van der Waals surface area contributed by atoms with Gasteiger partial charge in [-0.15, -0.1) is 0 Å². The highest BCUT2D eigenvalue weighted by Gasteiger charge is 2.34. The van der Waals surface area contributed by atoms with E-state index in [1.165, 1.54) is 25.3 Å². The van der Waals surface area contributed by atoms with Gasteiger partial charge in [0.15, 0.2) is 0 Å². The zero-order valence-corrected chi connectivity index (χ0v) is 10.2. The van der Waals surface area contributed by atoms with Gasteiger partial charge in [-0.2, -0.15) is 0 Å². The molecule has 17 heavy (non-hydrogen) atoms. The predicted octanol–water partition coefficient (Wildman–Crippen LogP) is 2.09. The van der Waals surface area contributed by atoms with Crippen LogP contribution >= 0.6 is 0 Å². The van der Waals surface area contributed by atoms with Gasteiger partial charge in [-0.3, -0.25) is 0 Å². The Hall–Kier alpha value is -0.930. The van der Waals surface area contributed by atoms with Crippen molar-refractivity contribution < 1.29 is 4.39 Å². The molecule has 0 saturated heterocycles. The van der Waals surface area contributed by atoms with Crippen LogP contribution in [0.25, 0.3) is 0 Å². The van der Waals surface area contributed by atoms with Crippen molar-refractivity contribution in [1.29, 1.82) is 0 Å². The summed E-state index contributed by atoms with van der Waals surface area (Å²) in [5.41, 5.74) is 7.19. The molecule has 1 aliphatic rings. The Balaban J connectivity index is 1.69. The van der Waals surface area contributed by atoms with Gasteiger partial charge in [-0.25, -0.2) is 4.39 Å². The molecule has 0 unspecified atom stereocenters. The first-order valence-electron chi connectivity index (χ1n) is 6.39. The van der Waals surface area contributed by atoms with Crippen LogP contribution in [0.15, 0.2) is 24.3 Å². The first-order chi connectivity index (χ1) is 8.24. The van der Waals surface area contributed by atoms with Crippen LogP contribution in [0.4, 0.5) is 4.39 Å². The molecule has 0 amide bonds. The Bertz CT molecular complexity index is 355. The molecular weight excluding hydrogens is 215 g/mol. The van der Waals surface area contributed by atoms with E-state index in [1.54, 1.807) is 12.1 Å². The first-order valence-corrected chi connectivity index (χ1v) is 6.39. The van der Waals surface area contributed by atoms with Crippen molar-refractivity contribution in [3.05, 3.63) is 35.6 Å². The average molecular weight is 236 g/mol. The fraction of sp³-hybridized carbons (Fsp3) is 0.571. The maximum atomic E-state index is 12.9. The lowest BCUT2D eigenvalue weighted by Gasteiger charge is -2.41. The van der Waals surface area contributed by atoms with Crippen LogP contribution in [0.1, 0.15) is 24.8 Å². The molecule has 0 aromatic heterocycles. The van der Waals surface area contributed by atoms with Crippen LogP contribution in [0.3, 0.4) is 0 Å². The van der Waals surface area contributed by atoms with E-state index in [1.807, 2.05) is 6.07 Å². The summed E-state index contributed by atoms with van der Waals surface area (Å²) >= 11 is 0. The molecule has 1 fully saturated rings. The predicted molar refractivity (Wildman–Crippen MR) is 68.3 cm³/mol. The second-order valence-corrected chi connectivity index (χ2v) is 5.11. The molecule has 3 heteroatoms. The van der Waals surface area contributed by atoms with Gasteiger partial charge < -0.3 is 11.1 Å². The molecule has 0 bridgehead atoms. The van der Waals surface area contributed by atoms with Gasteiger partial charge in [0, 0.05) is 6.54 Å². The third kappa shape index (κ3) is 3.27. The highest BCUT2D eigenvalue weighted by Crippen LogP contribution is 2.38. The lowest BCUT2D eigenvalue weighted by Crippen LogP contribution is -2.45. The number of nitrogens with one attached hydrogen (secondary N) is 1. The third-order valence-electron chi connectivity index (χ3n) is 3.83. The van der Waals surface area contributed by atoms with Crippen LogP contribution in [0.2, 0.25) is 0 Å². The van der Waals surface area contributed by atoms with Gasteiger partial charge in [0.25, 0.3) is 0 Å². The quantitative estimate of drug-likeness (QED) is 0.742. The minimum Gasteiger partial charge on any atom is -0.330 e. The molecule has 94 valence electrons. The minimum atomic E-state index is -0.153. The topological polar surface area (TPSA) is 38.0 Å². The zero-order valence-electron chi connectivity index (χ0n) is 10.2. The summed E-state index contributed by atoms with van der Waals surface area (Å²) in [6, 6.07) is 6.81. The van der Waals surface area contributed by atoms with Crippen molar-refractivity contribution >= 4 is 0 Å². The standard InChI is InChI=1S/C14H21FN2/c15-13-4-1-3-12(9-13)5-8-17-11-14(10-16)6-2-7-14/h1,3-4,9,17H,2,5-8,10-11,16H2. The Labute approximate surface area is 102 Å². The molecule has 0 radical (unpaired) electrons. The second-order valence-electron chi connectivity index (χ2n) is 5.11. The molecule has 0 spiro atoms. The fourth-order valence-electron chi connectivity index (χ4n) is 2.41. The van der Waals surface area contributed by atoms with Crippen molar-refractivity contribution in [2.45, 2.75) is 25.7 Å². The minimum absolute atomic E-state index is 0.153. The normalized spacial score (nSPS) is 17.8. The monoisotopic (exact) mass is 236 g/mol. The van der Waals surface area contributed by atoms with Gasteiger partial charge in [0.2, 0.25) is 0 Å². The van der Waals surface area contributed by atoms with Gasteiger partial charge in [0.1, 0.15) is 5.82 Å². The van der Waals surface area contributed by atoms with E-state index < -0.39 is 0 Å². The zero-order chi connectivity index (χ0) is 12.1. The van der Waals surface area contributed by atoms with Gasteiger partial charge in [0.05, 0.1) is 0 Å². The second kappa shape index (κ2) is 5.61. The number of hydrogen-bond donors (Lipinski definition) is 2. The molecular formula is C14H21FN2. The van der Waals surface area contributed by atoms with Crippen molar-refractivity contribution in [3.8, 4) is 0 Å². The number of nitrogens with two attached hydrogens (primary N) is 1. The summed E-state index contributed by atoms with van der Waals surface area (Å²) in [4.78, 5) is 0. The molecule has 0 atom stereocenters. The number of rotatable bonds is 6. The summed E-state index contributed by atoms with van der Waals surface area (Å²) < 4.78 is 12.9. The average Bonchev–Trinajstić information content (AvgIpc) is 2.27. The summed E-state index contributed by atoms with van der Waals surface area (Å²) in [6.07, 6.45) is 4.67. The van der Waals surface area contributed by atoms with Crippen molar-refractivity contribution in [2.75, 3.05) is 19.6 Å². The highest BCUT2D eigenvalue weighted by atomic mass is 19.1. The van der Waals surface area contributed by atoms with Crippen LogP contribution in [0, 0.1) is 11.2 Å². The molecule has 0 heterocycles. The lowest BCUT2D eigenvalue weighted by molar-refractivity contribution is 0.141. The van der Waals surface area contributed by atoms with E-state index in [9.17, 15) is 4.39 Å². The SMILES string of the molecule is NCC1(CNCCc2cccc(F)c2)CCC1. The Kier molecular flexibility index (Phi) is 4.13. The smallest absolute Gasteiger partial charge is 0.123 e. The molecule has 1 aliphatic carbocycles. The van der Waals surface area contributed by atoms with Crippen LogP contribution in [-0.2, 0) is 6.42 Å². The Morgan fingerprint density at radius 2 is 2.18 bits per heavy atom. The van der Waals surface area contributed by atoms with Crippen molar-refractivity contribution in [3.63, 3.8) is 0 Å².